The molecule has 15 heavy (non-hydrogen) atoms. The van der Waals surface area contributed by atoms with Gasteiger partial charge >= 0.3 is 0 Å². The summed E-state index contributed by atoms with van der Waals surface area (Å²) in [5.41, 5.74) is 1.13. The van der Waals surface area contributed by atoms with Crippen LogP contribution < -0.4 is 5.32 Å². The summed E-state index contributed by atoms with van der Waals surface area (Å²) in [6.45, 7) is 2.28. The Kier molecular flexibility index (Phi) is 3.62. The van der Waals surface area contributed by atoms with Crippen molar-refractivity contribution in [3.05, 3.63) is 22.9 Å². The minimum absolute atomic E-state index is 0.635. The van der Waals surface area contributed by atoms with Gasteiger partial charge in [-0.1, -0.05) is 19.8 Å². The Morgan fingerprint density at radius 3 is 3.13 bits per heavy atom. The fourth-order valence-corrected chi connectivity index (χ4v) is 2.77. The number of aromatic nitrogens is 1. The lowest BCUT2D eigenvalue weighted by Crippen LogP contribution is -2.23. The molecule has 1 heterocycles. The Balaban J connectivity index is 2.05. The Bertz CT molecular complexity index is 327. The van der Waals surface area contributed by atoms with Crippen LogP contribution in [0, 0.1) is 5.92 Å². The lowest BCUT2D eigenvalue weighted by atomic mass is 10.0. The van der Waals surface area contributed by atoms with Gasteiger partial charge in [0.05, 0.1) is 5.69 Å². The largest absolute Gasteiger partial charge is 0.380 e. The standard InChI is InChI=1S/C12H17BrN2/c1-2-9-5-3-6-10(9)15-11-7-4-8-14-12(11)13/h4,7-10,15H,2-3,5-6H2,1H3. The van der Waals surface area contributed by atoms with Crippen LogP contribution in [0.1, 0.15) is 32.6 Å². The first kappa shape index (κ1) is 10.9. The van der Waals surface area contributed by atoms with Crippen molar-refractivity contribution < 1.29 is 0 Å². The summed E-state index contributed by atoms with van der Waals surface area (Å²) in [4.78, 5) is 4.23. The van der Waals surface area contributed by atoms with Gasteiger partial charge in [0, 0.05) is 12.2 Å². The van der Waals surface area contributed by atoms with E-state index in [-0.39, 0.29) is 0 Å². The number of hydrogen-bond donors (Lipinski definition) is 1. The molecule has 82 valence electrons. The van der Waals surface area contributed by atoms with Crippen molar-refractivity contribution in [2.75, 3.05) is 5.32 Å². The van der Waals surface area contributed by atoms with Gasteiger partial charge in [0.15, 0.2) is 0 Å². The Labute approximate surface area is 99.6 Å². The van der Waals surface area contributed by atoms with Gasteiger partial charge in [-0.05, 0) is 46.8 Å². The third-order valence-corrected chi connectivity index (χ3v) is 3.92. The quantitative estimate of drug-likeness (QED) is 0.843. The highest BCUT2D eigenvalue weighted by atomic mass is 79.9. The normalized spacial score (nSPS) is 25.5. The number of pyridine rings is 1. The number of anilines is 1. The highest BCUT2D eigenvalue weighted by molar-refractivity contribution is 9.10. The fourth-order valence-electron chi connectivity index (χ4n) is 2.41. The van der Waals surface area contributed by atoms with Crippen LogP contribution in [0.25, 0.3) is 0 Å². The molecule has 1 aromatic rings. The van der Waals surface area contributed by atoms with E-state index in [9.17, 15) is 0 Å². The lowest BCUT2D eigenvalue weighted by Gasteiger charge is -2.21. The van der Waals surface area contributed by atoms with Crippen molar-refractivity contribution in [2.24, 2.45) is 5.92 Å². The number of hydrogen-bond acceptors (Lipinski definition) is 2. The van der Waals surface area contributed by atoms with Gasteiger partial charge < -0.3 is 5.32 Å². The molecule has 0 amide bonds. The van der Waals surface area contributed by atoms with Crippen LogP contribution in [-0.2, 0) is 0 Å². The lowest BCUT2D eigenvalue weighted by molar-refractivity contribution is 0.489. The van der Waals surface area contributed by atoms with Gasteiger partial charge in [-0.2, -0.15) is 0 Å². The fraction of sp³-hybridized carbons (Fsp3) is 0.583. The second kappa shape index (κ2) is 4.97. The molecule has 1 aromatic heterocycles. The molecule has 3 heteroatoms. The third kappa shape index (κ3) is 2.51. The second-order valence-corrected chi connectivity index (χ2v) is 4.94. The number of halogens is 1. The summed E-state index contributed by atoms with van der Waals surface area (Å²) in [5.74, 6) is 0.831. The Hall–Kier alpha value is -0.570. The molecule has 1 aliphatic rings. The molecule has 1 saturated carbocycles. The van der Waals surface area contributed by atoms with Crippen LogP contribution in [-0.4, -0.2) is 11.0 Å². The van der Waals surface area contributed by atoms with Crippen LogP contribution in [0.2, 0.25) is 0 Å². The number of nitrogens with zero attached hydrogens (tertiary/aromatic N) is 1. The topological polar surface area (TPSA) is 24.9 Å². The number of nitrogens with one attached hydrogen (secondary N) is 1. The minimum Gasteiger partial charge on any atom is -0.380 e. The molecule has 1 N–H and O–H groups in total. The van der Waals surface area contributed by atoms with Gasteiger partial charge in [-0.25, -0.2) is 4.98 Å². The second-order valence-electron chi connectivity index (χ2n) is 4.19. The monoisotopic (exact) mass is 268 g/mol. The smallest absolute Gasteiger partial charge is 0.129 e. The molecule has 0 aromatic carbocycles. The molecule has 2 unspecified atom stereocenters. The molecule has 0 aliphatic heterocycles. The Morgan fingerprint density at radius 2 is 2.40 bits per heavy atom. The highest BCUT2D eigenvalue weighted by Crippen LogP contribution is 2.32. The van der Waals surface area contributed by atoms with Crippen molar-refractivity contribution in [1.29, 1.82) is 0 Å². The minimum atomic E-state index is 0.635. The van der Waals surface area contributed by atoms with E-state index in [1.54, 1.807) is 6.20 Å². The molecule has 2 rings (SSSR count). The van der Waals surface area contributed by atoms with E-state index < -0.39 is 0 Å². The van der Waals surface area contributed by atoms with Gasteiger partial charge in [0.25, 0.3) is 0 Å². The summed E-state index contributed by atoms with van der Waals surface area (Å²) in [5, 5.41) is 3.60. The van der Waals surface area contributed by atoms with Gasteiger partial charge in [-0.3, -0.25) is 0 Å². The third-order valence-electron chi connectivity index (χ3n) is 3.28. The van der Waals surface area contributed by atoms with Crippen LogP contribution in [0.15, 0.2) is 22.9 Å². The van der Waals surface area contributed by atoms with E-state index in [1.165, 1.54) is 25.7 Å². The molecule has 2 atom stereocenters. The van der Waals surface area contributed by atoms with E-state index in [1.807, 2.05) is 6.07 Å². The van der Waals surface area contributed by atoms with Gasteiger partial charge in [0.2, 0.25) is 0 Å². The van der Waals surface area contributed by atoms with Gasteiger partial charge in [-0.15, -0.1) is 0 Å². The summed E-state index contributed by atoms with van der Waals surface area (Å²) >= 11 is 3.47. The maximum atomic E-state index is 4.23. The van der Waals surface area contributed by atoms with Crippen LogP contribution >= 0.6 is 15.9 Å². The van der Waals surface area contributed by atoms with Crippen molar-refractivity contribution in [1.82, 2.24) is 4.98 Å². The average Bonchev–Trinajstić information content (AvgIpc) is 2.69. The first-order chi connectivity index (χ1) is 7.31. The molecule has 2 nitrogen and oxygen atoms in total. The van der Waals surface area contributed by atoms with Crippen molar-refractivity contribution in [2.45, 2.75) is 38.6 Å². The molecular formula is C12H17BrN2. The zero-order chi connectivity index (χ0) is 10.7. The van der Waals surface area contributed by atoms with Crippen LogP contribution in [0.4, 0.5) is 5.69 Å². The first-order valence-electron chi connectivity index (χ1n) is 5.68. The Morgan fingerprint density at radius 1 is 1.53 bits per heavy atom. The zero-order valence-electron chi connectivity index (χ0n) is 9.04. The van der Waals surface area contributed by atoms with Gasteiger partial charge in [0.1, 0.15) is 4.60 Å². The summed E-state index contributed by atoms with van der Waals surface area (Å²) < 4.78 is 0.923. The molecular weight excluding hydrogens is 252 g/mol. The summed E-state index contributed by atoms with van der Waals surface area (Å²) in [7, 11) is 0. The number of rotatable bonds is 3. The van der Waals surface area contributed by atoms with Crippen LogP contribution in [0.5, 0.6) is 0 Å². The van der Waals surface area contributed by atoms with Crippen molar-refractivity contribution in [3.8, 4) is 0 Å². The molecule has 0 spiro atoms. The van der Waals surface area contributed by atoms with Crippen LogP contribution in [0.3, 0.4) is 0 Å². The van der Waals surface area contributed by atoms with E-state index >= 15 is 0 Å². The molecule has 0 saturated heterocycles. The summed E-state index contributed by atoms with van der Waals surface area (Å²) in [6.07, 6.45) is 7.09. The van der Waals surface area contributed by atoms with Crippen molar-refractivity contribution >= 4 is 21.6 Å². The van der Waals surface area contributed by atoms with E-state index in [0.717, 1.165) is 16.2 Å². The highest BCUT2D eigenvalue weighted by Gasteiger charge is 2.25. The van der Waals surface area contributed by atoms with E-state index in [0.29, 0.717) is 6.04 Å². The molecule has 0 bridgehead atoms. The van der Waals surface area contributed by atoms with E-state index in [2.05, 4.69) is 39.2 Å². The molecule has 1 aliphatic carbocycles. The summed E-state index contributed by atoms with van der Waals surface area (Å²) in [6, 6.07) is 4.70. The SMILES string of the molecule is CCC1CCCC1Nc1cccnc1Br. The molecule has 0 radical (unpaired) electrons. The predicted molar refractivity (Wildman–Crippen MR) is 67.0 cm³/mol. The van der Waals surface area contributed by atoms with Crippen molar-refractivity contribution in [3.63, 3.8) is 0 Å². The first-order valence-corrected chi connectivity index (χ1v) is 6.47. The maximum absolute atomic E-state index is 4.23. The van der Waals surface area contributed by atoms with E-state index in [4.69, 9.17) is 0 Å². The zero-order valence-corrected chi connectivity index (χ0v) is 10.6. The molecule has 1 fully saturated rings. The predicted octanol–water partition coefficient (Wildman–Crippen LogP) is 3.83. The average molecular weight is 269 g/mol. The maximum Gasteiger partial charge on any atom is 0.129 e.